The van der Waals surface area contributed by atoms with Crippen LogP contribution in [0.2, 0.25) is 0 Å². The zero-order valence-corrected chi connectivity index (χ0v) is 19.5. The van der Waals surface area contributed by atoms with Crippen LogP contribution in [-0.2, 0) is 16.0 Å². The lowest BCUT2D eigenvalue weighted by molar-refractivity contribution is 0.108. The average Bonchev–Trinajstić information content (AvgIpc) is 2.83. The van der Waals surface area contributed by atoms with Crippen LogP contribution < -0.4 is 10.5 Å². The number of hydrogen-bond donors (Lipinski definition) is 1. The molecule has 1 aromatic carbocycles. The van der Waals surface area contributed by atoms with E-state index in [-0.39, 0.29) is 17.7 Å². The van der Waals surface area contributed by atoms with Gasteiger partial charge in [-0.3, -0.25) is 0 Å². The molecule has 0 saturated carbocycles. The first-order valence-corrected chi connectivity index (χ1v) is 11.1. The van der Waals surface area contributed by atoms with E-state index in [1.807, 2.05) is 19.1 Å². The minimum Gasteiger partial charge on any atom is -0.481 e. The largest absolute Gasteiger partial charge is 0.481 e. The van der Waals surface area contributed by atoms with E-state index in [0.717, 1.165) is 34.6 Å². The van der Waals surface area contributed by atoms with Gasteiger partial charge in [-0.05, 0) is 43.0 Å². The van der Waals surface area contributed by atoms with E-state index in [2.05, 4.69) is 20.1 Å². The van der Waals surface area contributed by atoms with Crippen LogP contribution in [0.25, 0.3) is 11.3 Å². The van der Waals surface area contributed by atoms with Crippen LogP contribution in [0.15, 0.2) is 41.6 Å². The van der Waals surface area contributed by atoms with Crippen LogP contribution in [0.4, 0.5) is 10.3 Å². The van der Waals surface area contributed by atoms with Gasteiger partial charge >= 0.3 is 0 Å². The van der Waals surface area contributed by atoms with Gasteiger partial charge in [-0.25, -0.2) is 19.3 Å². The summed E-state index contributed by atoms with van der Waals surface area (Å²) in [4.78, 5) is 19.0. The van der Waals surface area contributed by atoms with E-state index in [1.54, 1.807) is 26.4 Å². The van der Waals surface area contributed by atoms with Crippen molar-refractivity contribution in [3.63, 3.8) is 0 Å². The van der Waals surface area contributed by atoms with Crippen molar-refractivity contribution >= 4 is 11.7 Å². The number of ether oxygens (including phenoxy) is 2. The maximum Gasteiger partial charge on any atom is 0.220 e. The third-order valence-electron chi connectivity index (χ3n) is 5.77. The number of nitrogens with zero attached hydrogens (tertiary/aromatic N) is 4. The van der Waals surface area contributed by atoms with Crippen molar-refractivity contribution in [1.82, 2.24) is 15.0 Å². The van der Waals surface area contributed by atoms with E-state index < -0.39 is 0 Å². The standard InChI is InChI=1S/C25H28FN5O3/c1-15-24-21(30-25(27)28-15)12-16(13-22(24)31-34-11-5-10-32-2)18-9-8-17(26)14-19(18)20-6-4-7-23(29-20)33-3/h4,6-9,14,16H,5,10-13H2,1-3H3,(H2,27,28,30). The molecule has 2 aromatic heterocycles. The lowest BCUT2D eigenvalue weighted by Gasteiger charge is -2.27. The summed E-state index contributed by atoms with van der Waals surface area (Å²) in [5.41, 5.74) is 11.4. The van der Waals surface area contributed by atoms with Crippen LogP contribution in [0.3, 0.4) is 0 Å². The van der Waals surface area contributed by atoms with Gasteiger partial charge in [0.05, 0.1) is 29.9 Å². The zero-order chi connectivity index (χ0) is 24.1. The molecule has 1 aliphatic carbocycles. The molecule has 1 unspecified atom stereocenters. The second kappa shape index (κ2) is 10.6. The number of halogens is 1. The molecule has 0 fully saturated rings. The lowest BCUT2D eigenvalue weighted by Crippen LogP contribution is -2.24. The number of nitrogen functional groups attached to an aromatic ring is 1. The second-order valence-electron chi connectivity index (χ2n) is 8.11. The molecule has 4 rings (SSSR count). The monoisotopic (exact) mass is 465 g/mol. The summed E-state index contributed by atoms with van der Waals surface area (Å²) in [7, 11) is 3.20. The molecule has 2 N–H and O–H groups in total. The predicted octanol–water partition coefficient (Wildman–Crippen LogP) is 4.06. The molecule has 2 heterocycles. The number of pyridine rings is 1. The molecule has 0 aliphatic heterocycles. The van der Waals surface area contributed by atoms with Crippen molar-refractivity contribution in [1.29, 1.82) is 0 Å². The molecule has 34 heavy (non-hydrogen) atoms. The number of aromatic nitrogens is 3. The Bertz CT molecular complexity index is 1200. The molecule has 0 amide bonds. The number of nitrogens with two attached hydrogens (primary N) is 1. The van der Waals surface area contributed by atoms with Crippen molar-refractivity contribution in [2.24, 2.45) is 5.16 Å². The number of rotatable bonds is 8. The van der Waals surface area contributed by atoms with Crippen molar-refractivity contribution in [3.8, 4) is 17.1 Å². The summed E-state index contributed by atoms with van der Waals surface area (Å²) in [6.45, 7) is 2.91. The number of aryl methyl sites for hydroxylation is 1. The van der Waals surface area contributed by atoms with Crippen LogP contribution in [0.1, 0.15) is 41.3 Å². The molecule has 1 aliphatic rings. The normalized spacial score (nSPS) is 16.4. The number of fused-ring (bicyclic) bond motifs is 1. The van der Waals surface area contributed by atoms with Gasteiger partial charge in [-0.1, -0.05) is 17.3 Å². The topological polar surface area (TPSA) is 105 Å². The molecular formula is C25H28FN5O3. The molecular weight excluding hydrogens is 437 g/mol. The molecule has 0 spiro atoms. The Morgan fingerprint density at radius 2 is 1.94 bits per heavy atom. The highest BCUT2D eigenvalue weighted by Gasteiger charge is 2.31. The number of anilines is 1. The number of oxime groups is 1. The fraction of sp³-hybridized carbons (Fsp3) is 0.360. The average molecular weight is 466 g/mol. The molecule has 9 heteroatoms. The molecule has 0 bridgehead atoms. The molecule has 1 atom stereocenters. The third kappa shape index (κ3) is 5.14. The second-order valence-corrected chi connectivity index (χ2v) is 8.11. The number of hydrogen-bond acceptors (Lipinski definition) is 8. The summed E-state index contributed by atoms with van der Waals surface area (Å²) in [5, 5.41) is 4.44. The molecule has 3 aromatic rings. The van der Waals surface area contributed by atoms with Gasteiger partial charge in [-0.2, -0.15) is 0 Å². The van der Waals surface area contributed by atoms with Gasteiger partial charge in [0.15, 0.2) is 0 Å². The van der Waals surface area contributed by atoms with Gasteiger partial charge in [-0.15, -0.1) is 0 Å². The van der Waals surface area contributed by atoms with Crippen molar-refractivity contribution < 1.29 is 18.7 Å². The van der Waals surface area contributed by atoms with Crippen molar-refractivity contribution in [3.05, 3.63) is 64.7 Å². The van der Waals surface area contributed by atoms with Crippen LogP contribution in [0, 0.1) is 12.7 Å². The highest BCUT2D eigenvalue weighted by molar-refractivity contribution is 6.03. The first kappa shape index (κ1) is 23.6. The molecule has 178 valence electrons. The Labute approximate surface area is 198 Å². The third-order valence-corrected chi connectivity index (χ3v) is 5.77. The maximum absolute atomic E-state index is 14.3. The quantitative estimate of drug-likeness (QED) is 0.395. The number of methoxy groups -OCH3 is 2. The minimum absolute atomic E-state index is 0.0360. The smallest absolute Gasteiger partial charge is 0.220 e. The molecule has 0 radical (unpaired) electrons. The van der Waals surface area contributed by atoms with E-state index in [0.29, 0.717) is 43.2 Å². The van der Waals surface area contributed by atoms with E-state index in [1.165, 1.54) is 12.1 Å². The summed E-state index contributed by atoms with van der Waals surface area (Å²) < 4.78 is 24.7. The van der Waals surface area contributed by atoms with E-state index in [9.17, 15) is 4.39 Å². The van der Waals surface area contributed by atoms with Gasteiger partial charge < -0.3 is 20.0 Å². The predicted molar refractivity (Wildman–Crippen MR) is 127 cm³/mol. The Hall–Kier alpha value is -3.59. The fourth-order valence-electron chi connectivity index (χ4n) is 4.30. The van der Waals surface area contributed by atoms with Crippen molar-refractivity contribution in [2.45, 2.75) is 32.1 Å². The van der Waals surface area contributed by atoms with Gasteiger partial charge in [0.25, 0.3) is 0 Å². The summed E-state index contributed by atoms with van der Waals surface area (Å²) in [5.74, 6) is 0.305. The zero-order valence-electron chi connectivity index (χ0n) is 19.5. The highest BCUT2D eigenvalue weighted by Crippen LogP contribution is 2.38. The van der Waals surface area contributed by atoms with Crippen molar-refractivity contribution in [2.75, 3.05) is 33.2 Å². The number of benzene rings is 1. The Balaban J connectivity index is 1.74. The fourth-order valence-corrected chi connectivity index (χ4v) is 4.30. The van der Waals surface area contributed by atoms with Gasteiger partial charge in [0.2, 0.25) is 11.8 Å². The Morgan fingerprint density at radius 1 is 1.09 bits per heavy atom. The van der Waals surface area contributed by atoms with Gasteiger partial charge in [0.1, 0.15) is 12.4 Å². The molecule has 8 nitrogen and oxygen atoms in total. The molecule has 0 saturated heterocycles. The van der Waals surface area contributed by atoms with Crippen LogP contribution in [0.5, 0.6) is 5.88 Å². The minimum atomic E-state index is -0.336. The Kier molecular flexibility index (Phi) is 7.32. The highest BCUT2D eigenvalue weighted by atomic mass is 19.1. The summed E-state index contributed by atoms with van der Waals surface area (Å²) in [6, 6.07) is 10.2. The summed E-state index contributed by atoms with van der Waals surface area (Å²) in [6.07, 6.45) is 1.91. The summed E-state index contributed by atoms with van der Waals surface area (Å²) >= 11 is 0. The first-order valence-electron chi connectivity index (χ1n) is 11.1. The Morgan fingerprint density at radius 3 is 2.74 bits per heavy atom. The first-order chi connectivity index (χ1) is 16.5. The van der Waals surface area contributed by atoms with Crippen LogP contribution in [-0.4, -0.2) is 48.1 Å². The van der Waals surface area contributed by atoms with Crippen LogP contribution >= 0.6 is 0 Å². The lowest BCUT2D eigenvalue weighted by atomic mass is 9.79. The van der Waals surface area contributed by atoms with Gasteiger partial charge in [0, 0.05) is 43.8 Å². The van der Waals surface area contributed by atoms with E-state index >= 15 is 0 Å². The van der Waals surface area contributed by atoms with E-state index in [4.69, 9.17) is 20.0 Å². The SMILES string of the molecule is COCCCON=C1CC(c2ccc(F)cc2-c2cccc(OC)n2)Cc2nc(N)nc(C)c21. The maximum atomic E-state index is 14.3.